The lowest BCUT2D eigenvalue weighted by atomic mass is 9.89. The number of piperidine rings is 2. The number of H-pyrrole nitrogens is 1. The molecule has 1 N–H and O–H groups in total. The van der Waals surface area contributed by atoms with Gasteiger partial charge in [-0.15, -0.1) is 0 Å². The van der Waals surface area contributed by atoms with Crippen LogP contribution in [-0.4, -0.2) is 66.8 Å². The maximum absolute atomic E-state index is 13.4. The van der Waals surface area contributed by atoms with Crippen molar-refractivity contribution in [2.75, 3.05) is 13.1 Å². The maximum Gasteiger partial charge on any atom is 0.274 e. The minimum atomic E-state index is -0.0620. The highest BCUT2D eigenvalue weighted by atomic mass is 16.2. The molecule has 148 valence electrons. The van der Waals surface area contributed by atoms with Crippen molar-refractivity contribution >= 4 is 11.8 Å². The topological polar surface area (TPSA) is 87.1 Å². The van der Waals surface area contributed by atoms with Gasteiger partial charge in [0.05, 0.1) is 11.3 Å². The van der Waals surface area contributed by atoms with Crippen LogP contribution in [0.1, 0.15) is 39.4 Å². The minimum absolute atomic E-state index is 0.00601. The third-order valence-electron chi connectivity index (χ3n) is 5.86. The van der Waals surface area contributed by atoms with Gasteiger partial charge in [-0.3, -0.25) is 14.7 Å². The Morgan fingerprint density at radius 2 is 1.76 bits per heavy atom. The molecule has 3 aliphatic rings. The van der Waals surface area contributed by atoms with Gasteiger partial charge in [0.15, 0.2) is 0 Å². The second-order valence-corrected chi connectivity index (χ2v) is 7.70. The molecule has 0 radical (unpaired) electrons. The summed E-state index contributed by atoms with van der Waals surface area (Å²) in [6, 6.07) is 11.2. The van der Waals surface area contributed by atoms with Crippen molar-refractivity contribution in [3.8, 4) is 5.69 Å². The molecule has 2 bridgehead atoms. The highest BCUT2D eigenvalue weighted by molar-refractivity contribution is 5.98. The fraction of sp³-hybridized carbons (Fsp3) is 0.333. The Morgan fingerprint density at radius 1 is 1.03 bits per heavy atom. The van der Waals surface area contributed by atoms with Crippen LogP contribution < -0.4 is 0 Å². The first-order chi connectivity index (χ1) is 14.1. The summed E-state index contributed by atoms with van der Waals surface area (Å²) in [6.45, 7) is 2.97. The molecule has 3 aromatic rings. The van der Waals surface area contributed by atoms with Gasteiger partial charge in [-0.05, 0) is 44.0 Å². The Balaban J connectivity index is 1.39. The molecule has 5 heterocycles. The van der Waals surface area contributed by atoms with Crippen LogP contribution >= 0.6 is 0 Å². The average Bonchev–Trinajstić information content (AvgIpc) is 3.45. The fourth-order valence-corrected chi connectivity index (χ4v) is 4.42. The predicted octanol–water partition coefficient (Wildman–Crippen LogP) is 2.03. The SMILES string of the molecule is Cc1cc(C(=O)N2CC3CCC2CN3C(=O)c2ccccc2-n2cccn2)n[nH]1. The molecule has 2 atom stereocenters. The molecule has 3 fully saturated rings. The van der Waals surface area contributed by atoms with Gasteiger partial charge in [0, 0.05) is 43.3 Å². The lowest BCUT2D eigenvalue weighted by Crippen LogP contribution is -2.65. The number of piperazine rings is 1. The smallest absolute Gasteiger partial charge is 0.274 e. The number of benzene rings is 1. The third-order valence-corrected chi connectivity index (χ3v) is 5.86. The van der Waals surface area contributed by atoms with Crippen LogP contribution in [0.25, 0.3) is 5.69 Å². The molecule has 2 unspecified atom stereocenters. The van der Waals surface area contributed by atoms with Crippen LogP contribution in [0.15, 0.2) is 48.8 Å². The van der Waals surface area contributed by atoms with Gasteiger partial charge in [0.25, 0.3) is 11.8 Å². The standard InChI is InChI=1S/C21H22N6O2/c1-14-11-18(24-23-14)21(29)26-13-15-7-8-16(26)12-25(15)20(28)17-5-2-3-6-19(17)27-10-4-9-22-27/h2-6,9-11,15-16H,7-8,12-13H2,1H3,(H,23,24). The van der Waals surface area contributed by atoms with E-state index in [2.05, 4.69) is 15.3 Å². The van der Waals surface area contributed by atoms with E-state index in [9.17, 15) is 9.59 Å². The summed E-state index contributed by atoms with van der Waals surface area (Å²) in [7, 11) is 0. The summed E-state index contributed by atoms with van der Waals surface area (Å²) in [6.07, 6.45) is 5.35. The zero-order chi connectivity index (χ0) is 20.0. The van der Waals surface area contributed by atoms with E-state index >= 15 is 0 Å². The number of aryl methyl sites for hydroxylation is 1. The number of nitrogens with zero attached hydrogens (tertiary/aromatic N) is 5. The minimum Gasteiger partial charge on any atom is -0.332 e. The van der Waals surface area contributed by atoms with E-state index in [1.807, 2.05) is 53.3 Å². The Morgan fingerprint density at radius 3 is 2.38 bits per heavy atom. The highest BCUT2D eigenvalue weighted by Crippen LogP contribution is 2.31. The number of carbonyl (C=O) groups excluding carboxylic acids is 2. The van der Waals surface area contributed by atoms with Crippen molar-refractivity contribution in [2.45, 2.75) is 31.8 Å². The molecule has 2 amide bonds. The maximum atomic E-state index is 13.4. The first-order valence-corrected chi connectivity index (χ1v) is 9.85. The summed E-state index contributed by atoms with van der Waals surface area (Å²) >= 11 is 0. The van der Waals surface area contributed by atoms with E-state index in [0.717, 1.165) is 24.2 Å². The molecule has 2 aromatic heterocycles. The van der Waals surface area contributed by atoms with E-state index in [1.54, 1.807) is 16.9 Å². The molecule has 3 saturated heterocycles. The number of carbonyl (C=O) groups is 2. The molecule has 29 heavy (non-hydrogen) atoms. The van der Waals surface area contributed by atoms with Gasteiger partial charge in [0.2, 0.25) is 0 Å². The number of hydrogen-bond acceptors (Lipinski definition) is 4. The van der Waals surface area contributed by atoms with E-state index in [4.69, 9.17) is 0 Å². The van der Waals surface area contributed by atoms with E-state index in [-0.39, 0.29) is 23.9 Å². The van der Waals surface area contributed by atoms with Crippen LogP contribution in [-0.2, 0) is 0 Å². The summed E-state index contributed by atoms with van der Waals surface area (Å²) in [5.74, 6) is -0.0680. The Hall–Kier alpha value is -3.42. The van der Waals surface area contributed by atoms with Crippen LogP contribution in [0, 0.1) is 6.92 Å². The molecule has 1 aromatic carbocycles. The van der Waals surface area contributed by atoms with Crippen molar-refractivity contribution in [3.63, 3.8) is 0 Å². The first-order valence-electron chi connectivity index (χ1n) is 9.85. The second kappa shape index (κ2) is 6.88. The lowest BCUT2D eigenvalue weighted by Gasteiger charge is -2.51. The Kier molecular flexibility index (Phi) is 4.19. The van der Waals surface area contributed by atoms with Crippen molar-refractivity contribution in [1.29, 1.82) is 0 Å². The van der Waals surface area contributed by atoms with Gasteiger partial charge >= 0.3 is 0 Å². The molecule has 0 spiro atoms. The molecular formula is C21H22N6O2. The number of aromatic nitrogens is 4. The van der Waals surface area contributed by atoms with Crippen LogP contribution in [0.5, 0.6) is 0 Å². The largest absolute Gasteiger partial charge is 0.332 e. The van der Waals surface area contributed by atoms with Crippen LogP contribution in [0.3, 0.4) is 0 Å². The first kappa shape index (κ1) is 17.7. The number of amides is 2. The number of hydrogen-bond donors (Lipinski definition) is 1. The molecule has 8 heteroatoms. The summed E-state index contributed by atoms with van der Waals surface area (Å²) in [5.41, 5.74) is 2.70. The van der Waals surface area contributed by atoms with Gasteiger partial charge < -0.3 is 9.80 Å². The van der Waals surface area contributed by atoms with Gasteiger partial charge in [-0.1, -0.05) is 12.1 Å². The second-order valence-electron chi connectivity index (χ2n) is 7.70. The summed E-state index contributed by atoms with van der Waals surface area (Å²) < 4.78 is 1.71. The normalized spacial score (nSPS) is 20.9. The van der Waals surface area contributed by atoms with Gasteiger partial charge in [0.1, 0.15) is 5.69 Å². The number of nitrogens with one attached hydrogen (secondary N) is 1. The van der Waals surface area contributed by atoms with Crippen molar-refractivity contribution < 1.29 is 9.59 Å². The van der Waals surface area contributed by atoms with Crippen LogP contribution in [0.4, 0.5) is 0 Å². The van der Waals surface area contributed by atoms with Gasteiger partial charge in [-0.2, -0.15) is 10.2 Å². The molecule has 8 nitrogen and oxygen atoms in total. The zero-order valence-electron chi connectivity index (χ0n) is 16.2. The van der Waals surface area contributed by atoms with E-state index in [1.165, 1.54) is 0 Å². The zero-order valence-corrected chi connectivity index (χ0v) is 16.2. The Bertz CT molecular complexity index is 1060. The summed E-state index contributed by atoms with van der Waals surface area (Å²) in [5, 5.41) is 11.2. The van der Waals surface area contributed by atoms with Crippen LogP contribution in [0.2, 0.25) is 0 Å². The van der Waals surface area contributed by atoms with E-state index in [0.29, 0.717) is 24.3 Å². The number of rotatable bonds is 3. The van der Waals surface area contributed by atoms with Crippen molar-refractivity contribution in [1.82, 2.24) is 29.8 Å². The lowest BCUT2D eigenvalue weighted by molar-refractivity contribution is -0.00634. The molecule has 3 aliphatic heterocycles. The number of aromatic amines is 1. The Labute approximate surface area is 168 Å². The van der Waals surface area contributed by atoms with Crippen molar-refractivity contribution in [3.05, 3.63) is 65.7 Å². The summed E-state index contributed by atoms with van der Waals surface area (Å²) in [4.78, 5) is 30.1. The van der Waals surface area contributed by atoms with E-state index < -0.39 is 0 Å². The third kappa shape index (κ3) is 3.00. The molecular weight excluding hydrogens is 368 g/mol. The fourth-order valence-electron chi connectivity index (χ4n) is 4.42. The molecule has 0 saturated carbocycles. The van der Waals surface area contributed by atoms with Crippen molar-refractivity contribution in [2.24, 2.45) is 0 Å². The predicted molar refractivity (Wildman–Crippen MR) is 106 cm³/mol. The quantitative estimate of drug-likeness (QED) is 0.741. The van der Waals surface area contributed by atoms with Gasteiger partial charge in [-0.25, -0.2) is 4.68 Å². The number of para-hydroxylation sites is 1. The molecule has 6 rings (SSSR count). The molecule has 0 aliphatic carbocycles. The highest BCUT2D eigenvalue weighted by Gasteiger charge is 2.44. The monoisotopic (exact) mass is 390 g/mol. The average molecular weight is 390 g/mol. The number of fused-ring (bicyclic) bond motifs is 3.